The SMILES string of the molecule is Nc1cccc2nnn([N+](=O)[O-])c12. The Morgan fingerprint density at radius 1 is 1.54 bits per heavy atom. The van der Waals surface area contributed by atoms with E-state index in [2.05, 4.69) is 10.3 Å². The van der Waals surface area contributed by atoms with E-state index < -0.39 is 5.03 Å². The Hall–Kier alpha value is -2.18. The molecule has 0 aliphatic heterocycles. The summed E-state index contributed by atoms with van der Waals surface area (Å²) in [6, 6.07) is 4.83. The van der Waals surface area contributed by atoms with Crippen molar-refractivity contribution < 1.29 is 5.03 Å². The van der Waals surface area contributed by atoms with Crippen LogP contribution in [-0.2, 0) is 0 Å². The van der Waals surface area contributed by atoms with Crippen molar-refractivity contribution in [3.63, 3.8) is 0 Å². The Labute approximate surface area is 71.9 Å². The lowest BCUT2D eigenvalue weighted by molar-refractivity contribution is -0.549. The van der Waals surface area contributed by atoms with Crippen molar-refractivity contribution in [3.05, 3.63) is 28.3 Å². The molecular formula is C6H5N5O2. The van der Waals surface area contributed by atoms with Gasteiger partial charge in [0.25, 0.3) is 0 Å². The number of fused-ring (bicyclic) bond motifs is 1. The van der Waals surface area contributed by atoms with Gasteiger partial charge in [0.1, 0.15) is 5.52 Å². The zero-order chi connectivity index (χ0) is 9.42. The van der Waals surface area contributed by atoms with Gasteiger partial charge in [-0.2, -0.15) is 0 Å². The molecule has 1 heterocycles. The largest absolute Gasteiger partial charge is 0.397 e. The molecule has 0 aliphatic carbocycles. The Bertz CT molecular complexity index is 477. The molecule has 0 unspecified atom stereocenters. The average molecular weight is 179 g/mol. The van der Waals surface area contributed by atoms with Crippen LogP contribution in [0.5, 0.6) is 0 Å². The molecule has 1 aromatic carbocycles. The van der Waals surface area contributed by atoms with Crippen molar-refractivity contribution >= 4 is 16.7 Å². The number of nitrogens with zero attached hydrogens (tertiary/aromatic N) is 4. The number of nitrogen functional groups attached to an aromatic ring is 1. The lowest BCUT2D eigenvalue weighted by Gasteiger charge is -1.94. The minimum absolute atomic E-state index is 0.229. The fourth-order valence-electron chi connectivity index (χ4n) is 1.10. The first-order chi connectivity index (χ1) is 6.20. The Morgan fingerprint density at radius 3 is 3.00 bits per heavy atom. The molecular weight excluding hydrogens is 174 g/mol. The third kappa shape index (κ3) is 0.975. The van der Waals surface area contributed by atoms with Crippen LogP contribution >= 0.6 is 0 Å². The molecule has 0 saturated heterocycles. The van der Waals surface area contributed by atoms with Crippen molar-refractivity contribution in [1.29, 1.82) is 0 Å². The highest BCUT2D eigenvalue weighted by atomic mass is 16.7. The van der Waals surface area contributed by atoms with Gasteiger partial charge in [-0.15, -0.1) is 0 Å². The Kier molecular flexibility index (Phi) is 1.38. The smallest absolute Gasteiger partial charge is 0.187 e. The topological polar surface area (TPSA) is 99.9 Å². The van der Waals surface area contributed by atoms with Crippen LogP contribution in [0.2, 0.25) is 0 Å². The second-order valence-corrected chi connectivity index (χ2v) is 2.43. The van der Waals surface area contributed by atoms with Gasteiger partial charge in [0.05, 0.1) is 15.5 Å². The third-order valence-corrected chi connectivity index (χ3v) is 1.64. The molecule has 0 spiro atoms. The highest BCUT2D eigenvalue weighted by molar-refractivity contribution is 5.86. The summed E-state index contributed by atoms with van der Waals surface area (Å²) >= 11 is 0. The van der Waals surface area contributed by atoms with Crippen LogP contribution in [0.1, 0.15) is 0 Å². The molecule has 7 nitrogen and oxygen atoms in total. The summed E-state index contributed by atoms with van der Waals surface area (Å²) < 4.78 is 0. The molecule has 66 valence electrons. The van der Waals surface area contributed by atoms with Crippen LogP contribution in [0.15, 0.2) is 18.2 Å². The van der Waals surface area contributed by atoms with Crippen LogP contribution in [0, 0.1) is 10.1 Å². The highest BCUT2D eigenvalue weighted by Gasteiger charge is 2.15. The first-order valence-electron chi connectivity index (χ1n) is 3.45. The van der Waals surface area contributed by atoms with E-state index in [0.717, 1.165) is 0 Å². The van der Waals surface area contributed by atoms with E-state index in [1.54, 1.807) is 18.2 Å². The number of hydrogen-bond acceptors (Lipinski definition) is 5. The van der Waals surface area contributed by atoms with Gasteiger partial charge in [-0.25, -0.2) is 0 Å². The predicted molar refractivity (Wildman–Crippen MR) is 44.3 cm³/mol. The number of benzene rings is 1. The van der Waals surface area contributed by atoms with Crippen molar-refractivity contribution in [2.45, 2.75) is 0 Å². The molecule has 7 heteroatoms. The van der Waals surface area contributed by atoms with Crippen molar-refractivity contribution in [1.82, 2.24) is 15.1 Å². The summed E-state index contributed by atoms with van der Waals surface area (Å²) in [5.74, 6) is 0. The molecule has 2 rings (SSSR count). The number of anilines is 1. The molecule has 0 fully saturated rings. The molecule has 1 aromatic heterocycles. The molecule has 2 N–H and O–H groups in total. The van der Waals surface area contributed by atoms with E-state index in [1.165, 1.54) is 0 Å². The van der Waals surface area contributed by atoms with E-state index in [4.69, 9.17) is 5.73 Å². The average Bonchev–Trinajstić information content (AvgIpc) is 2.49. The fraction of sp³-hybridized carbons (Fsp3) is 0. The van der Waals surface area contributed by atoms with Crippen LogP contribution < -0.4 is 5.73 Å². The normalized spacial score (nSPS) is 10.5. The number of rotatable bonds is 1. The maximum absolute atomic E-state index is 10.4. The molecule has 2 aromatic rings. The van der Waals surface area contributed by atoms with Crippen molar-refractivity contribution in [3.8, 4) is 0 Å². The van der Waals surface area contributed by atoms with Gasteiger partial charge < -0.3 is 15.8 Å². The molecule has 0 bridgehead atoms. The first kappa shape index (κ1) is 7.47. The van der Waals surface area contributed by atoms with E-state index in [9.17, 15) is 10.1 Å². The van der Waals surface area contributed by atoms with Crippen LogP contribution in [0.25, 0.3) is 11.0 Å². The number of nitrogens with two attached hydrogens (primary N) is 1. The number of hydrogen-bond donors (Lipinski definition) is 1. The Morgan fingerprint density at radius 2 is 2.31 bits per heavy atom. The summed E-state index contributed by atoms with van der Waals surface area (Å²) in [5, 5.41) is 16.7. The molecule has 0 atom stereocenters. The Balaban J connectivity index is 2.86. The molecule has 0 aliphatic rings. The van der Waals surface area contributed by atoms with Crippen LogP contribution in [0.4, 0.5) is 5.69 Å². The predicted octanol–water partition coefficient (Wildman–Crippen LogP) is 0.0533. The molecule has 13 heavy (non-hydrogen) atoms. The quantitative estimate of drug-likeness (QED) is 0.378. The first-order valence-corrected chi connectivity index (χ1v) is 3.45. The van der Waals surface area contributed by atoms with Gasteiger partial charge in [0.2, 0.25) is 0 Å². The van der Waals surface area contributed by atoms with Gasteiger partial charge in [-0.3, -0.25) is 0 Å². The molecule has 0 radical (unpaired) electrons. The fourth-order valence-corrected chi connectivity index (χ4v) is 1.10. The van der Waals surface area contributed by atoms with Gasteiger partial charge in [-0.05, 0) is 17.2 Å². The van der Waals surface area contributed by atoms with Crippen LogP contribution in [-0.4, -0.2) is 20.1 Å². The van der Waals surface area contributed by atoms with E-state index >= 15 is 0 Å². The maximum Gasteiger partial charge on any atom is 0.187 e. The van der Waals surface area contributed by atoms with Crippen molar-refractivity contribution in [2.24, 2.45) is 0 Å². The standard InChI is InChI=1S/C6H5N5O2/c7-4-2-1-3-5-6(4)10(9-8-5)11(12)13/h1-3H,7H2. The zero-order valence-electron chi connectivity index (χ0n) is 6.41. The minimum Gasteiger partial charge on any atom is -0.397 e. The maximum atomic E-state index is 10.4. The summed E-state index contributed by atoms with van der Waals surface area (Å²) in [5.41, 5.74) is 6.47. The summed E-state index contributed by atoms with van der Waals surface area (Å²) in [6.07, 6.45) is 0. The minimum atomic E-state index is -0.675. The third-order valence-electron chi connectivity index (χ3n) is 1.64. The monoisotopic (exact) mass is 179 g/mol. The van der Waals surface area contributed by atoms with E-state index in [0.29, 0.717) is 16.0 Å². The molecule has 0 saturated carbocycles. The van der Waals surface area contributed by atoms with Crippen molar-refractivity contribution in [2.75, 3.05) is 5.73 Å². The number of aromatic nitrogens is 3. The zero-order valence-corrected chi connectivity index (χ0v) is 6.41. The van der Waals surface area contributed by atoms with E-state index in [1.807, 2.05) is 0 Å². The lowest BCUT2D eigenvalue weighted by Crippen LogP contribution is -2.11. The van der Waals surface area contributed by atoms with Gasteiger partial charge in [0, 0.05) is 0 Å². The van der Waals surface area contributed by atoms with E-state index in [-0.39, 0.29) is 5.52 Å². The second-order valence-electron chi connectivity index (χ2n) is 2.43. The summed E-state index contributed by atoms with van der Waals surface area (Å²) in [7, 11) is 0. The lowest BCUT2D eigenvalue weighted by atomic mass is 10.3. The van der Waals surface area contributed by atoms with Gasteiger partial charge in [0.15, 0.2) is 10.7 Å². The highest BCUT2D eigenvalue weighted by Crippen LogP contribution is 2.17. The summed E-state index contributed by atoms with van der Waals surface area (Å²) in [4.78, 5) is 11.0. The number of nitro groups is 1. The van der Waals surface area contributed by atoms with Gasteiger partial charge >= 0.3 is 0 Å². The summed E-state index contributed by atoms with van der Waals surface area (Å²) in [6.45, 7) is 0. The van der Waals surface area contributed by atoms with Crippen LogP contribution in [0.3, 0.4) is 0 Å². The van der Waals surface area contributed by atoms with Gasteiger partial charge in [-0.1, -0.05) is 6.07 Å². The second kappa shape index (κ2) is 2.41. The molecule has 0 amide bonds. The number of para-hydroxylation sites is 1.